The minimum Gasteiger partial charge on any atom is -0.481 e. The number of hydrogen-bond acceptors (Lipinski definition) is 8. The van der Waals surface area contributed by atoms with Crippen molar-refractivity contribution in [2.75, 3.05) is 37.4 Å². The van der Waals surface area contributed by atoms with Crippen LogP contribution in [0.1, 0.15) is 37.1 Å². The van der Waals surface area contributed by atoms with Crippen molar-refractivity contribution in [1.29, 1.82) is 0 Å². The van der Waals surface area contributed by atoms with E-state index >= 15 is 0 Å². The van der Waals surface area contributed by atoms with Crippen LogP contribution in [0.4, 0.5) is 11.8 Å². The maximum Gasteiger partial charge on any atom is 0.225 e. The molecule has 154 valence electrons. The largest absolute Gasteiger partial charge is 0.481 e. The van der Waals surface area contributed by atoms with Crippen molar-refractivity contribution in [3.8, 4) is 5.88 Å². The number of nitrogen functional groups attached to an aromatic ring is 1. The Labute approximate surface area is 170 Å². The molecule has 0 bridgehead atoms. The molecule has 2 N–H and O–H groups in total. The van der Waals surface area contributed by atoms with E-state index < -0.39 is 0 Å². The summed E-state index contributed by atoms with van der Waals surface area (Å²) in [5, 5.41) is 0. The summed E-state index contributed by atoms with van der Waals surface area (Å²) in [7, 11) is 1.57. The predicted molar refractivity (Wildman–Crippen MR) is 108 cm³/mol. The van der Waals surface area contributed by atoms with Crippen LogP contribution in [0.5, 0.6) is 5.88 Å². The number of hydrogen-bond donors (Lipinski definition) is 1. The lowest BCUT2D eigenvalue weighted by atomic mass is 9.72. The molecule has 1 amide bonds. The van der Waals surface area contributed by atoms with Gasteiger partial charge >= 0.3 is 0 Å². The summed E-state index contributed by atoms with van der Waals surface area (Å²) < 4.78 is 5.21. The van der Waals surface area contributed by atoms with Gasteiger partial charge in [-0.2, -0.15) is 9.97 Å². The molecule has 9 heteroatoms. The van der Waals surface area contributed by atoms with E-state index in [2.05, 4.69) is 24.8 Å². The molecular weight excluding hydrogens is 370 g/mol. The van der Waals surface area contributed by atoms with Crippen LogP contribution in [0.15, 0.2) is 18.5 Å². The van der Waals surface area contributed by atoms with Gasteiger partial charge in [0.2, 0.25) is 17.7 Å². The van der Waals surface area contributed by atoms with Crippen LogP contribution in [0.2, 0.25) is 0 Å². The monoisotopic (exact) mass is 397 g/mol. The second-order valence-corrected chi connectivity index (χ2v) is 8.01. The lowest BCUT2D eigenvalue weighted by Gasteiger charge is -2.47. The van der Waals surface area contributed by atoms with Gasteiger partial charge in [0.15, 0.2) is 0 Å². The van der Waals surface area contributed by atoms with Crippen LogP contribution >= 0.6 is 0 Å². The first-order valence-electron chi connectivity index (χ1n) is 9.95. The fourth-order valence-corrected chi connectivity index (χ4v) is 4.26. The Kier molecular flexibility index (Phi) is 5.21. The third-order valence-corrected chi connectivity index (χ3v) is 6.00. The number of piperidine rings is 2. The van der Waals surface area contributed by atoms with E-state index in [0.29, 0.717) is 18.8 Å². The van der Waals surface area contributed by atoms with E-state index in [-0.39, 0.29) is 17.3 Å². The summed E-state index contributed by atoms with van der Waals surface area (Å²) in [5.41, 5.74) is 7.67. The first-order valence-corrected chi connectivity index (χ1v) is 9.95. The number of rotatable bonds is 4. The van der Waals surface area contributed by atoms with Gasteiger partial charge < -0.3 is 20.3 Å². The minimum absolute atomic E-state index is 0.144. The highest BCUT2D eigenvalue weighted by atomic mass is 16.5. The van der Waals surface area contributed by atoms with E-state index in [4.69, 9.17) is 10.5 Å². The topological polar surface area (TPSA) is 110 Å². The summed E-state index contributed by atoms with van der Waals surface area (Å²) >= 11 is 0. The maximum absolute atomic E-state index is 12.5. The molecule has 0 saturated carbocycles. The molecule has 2 saturated heterocycles. The third-order valence-electron chi connectivity index (χ3n) is 6.00. The Bertz CT molecular complexity index is 879. The Hall–Kier alpha value is -2.97. The van der Waals surface area contributed by atoms with Crippen molar-refractivity contribution >= 4 is 17.7 Å². The summed E-state index contributed by atoms with van der Waals surface area (Å²) in [4.78, 5) is 33.8. The Morgan fingerprint density at radius 3 is 2.66 bits per heavy atom. The number of nitrogens with two attached hydrogens (primary N) is 1. The number of likely N-dealkylation sites (tertiary alicyclic amines) is 1. The number of carbonyl (C=O) groups excluding carboxylic acids is 1. The van der Waals surface area contributed by atoms with Gasteiger partial charge in [-0.25, -0.2) is 0 Å². The number of methoxy groups -OCH3 is 1. The lowest BCUT2D eigenvalue weighted by Crippen LogP contribution is -2.51. The van der Waals surface area contributed by atoms with E-state index in [0.717, 1.165) is 56.1 Å². The van der Waals surface area contributed by atoms with Gasteiger partial charge in [-0.3, -0.25) is 14.8 Å². The fraction of sp³-hybridized carbons (Fsp3) is 0.550. The van der Waals surface area contributed by atoms with Crippen LogP contribution < -0.4 is 15.4 Å². The number of aryl methyl sites for hydroxylation is 1. The minimum atomic E-state index is 0.144. The highest BCUT2D eigenvalue weighted by Crippen LogP contribution is 2.41. The van der Waals surface area contributed by atoms with Crippen LogP contribution in [-0.2, 0) is 11.3 Å². The van der Waals surface area contributed by atoms with Crippen LogP contribution in [0.25, 0.3) is 0 Å². The van der Waals surface area contributed by atoms with Gasteiger partial charge in [0.1, 0.15) is 5.82 Å². The molecule has 4 heterocycles. The van der Waals surface area contributed by atoms with E-state index in [9.17, 15) is 4.79 Å². The molecular formula is C20H27N7O2. The quantitative estimate of drug-likeness (QED) is 0.828. The molecule has 0 radical (unpaired) electrons. The molecule has 1 spiro atoms. The van der Waals surface area contributed by atoms with Crippen molar-refractivity contribution in [3.05, 3.63) is 29.8 Å². The van der Waals surface area contributed by atoms with Gasteiger partial charge in [0, 0.05) is 38.3 Å². The molecule has 2 aliphatic rings. The normalized spacial score (nSPS) is 18.9. The Morgan fingerprint density at radius 1 is 1.17 bits per heavy atom. The molecule has 0 aliphatic carbocycles. The Morgan fingerprint density at radius 2 is 1.97 bits per heavy atom. The van der Waals surface area contributed by atoms with Crippen molar-refractivity contribution in [3.63, 3.8) is 0 Å². The van der Waals surface area contributed by atoms with Gasteiger partial charge in [-0.15, -0.1) is 0 Å². The molecule has 2 aromatic heterocycles. The number of ether oxygens (including phenoxy) is 1. The first kappa shape index (κ1) is 19.4. The maximum atomic E-state index is 12.5. The van der Waals surface area contributed by atoms with Crippen molar-refractivity contribution in [2.24, 2.45) is 5.41 Å². The summed E-state index contributed by atoms with van der Waals surface area (Å²) in [6.07, 6.45) is 7.04. The zero-order valence-electron chi connectivity index (χ0n) is 17.0. The SMILES string of the molecule is COc1cc(N2CCC3(CCC(=O)N(Cc4cnc(C)cn4)C3)CC2)nc(N)n1. The number of nitrogens with zero attached hydrogens (tertiary/aromatic N) is 6. The van der Waals surface area contributed by atoms with Crippen LogP contribution in [0.3, 0.4) is 0 Å². The lowest BCUT2D eigenvalue weighted by molar-refractivity contribution is -0.139. The van der Waals surface area contributed by atoms with Gasteiger partial charge in [0.05, 0.1) is 31.2 Å². The molecule has 2 aliphatic heterocycles. The van der Waals surface area contributed by atoms with Crippen LogP contribution in [0, 0.1) is 12.3 Å². The summed E-state index contributed by atoms with van der Waals surface area (Å²) in [6, 6.07) is 1.82. The van der Waals surface area contributed by atoms with E-state index in [1.54, 1.807) is 19.5 Å². The smallest absolute Gasteiger partial charge is 0.225 e. The van der Waals surface area contributed by atoms with Crippen LogP contribution in [-0.4, -0.2) is 57.5 Å². The fourth-order valence-electron chi connectivity index (χ4n) is 4.26. The highest BCUT2D eigenvalue weighted by molar-refractivity contribution is 5.77. The zero-order valence-corrected chi connectivity index (χ0v) is 17.0. The van der Waals surface area contributed by atoms with Gasteiger partial charge in [0.25, 0.3) is 0 Å². The second kappa shape index (κ2) is 7.81. The third kappa shape index (κ3) is 4.23. The highest BCUT2D eigenvalue weighted by Gasteiger charge is 2.41. The van der Waals surface area contributed by atoms with Crippen molar-refractivity contribution in [2.45, 2.75) is 39.2 Å². The Balaban J connectivity index is 1.42. The number of aromatic nitrogens is 4. The number of carbonyl (C=O) groups is 1. The summed E-state index contributed by atoms with van der Waals surface area (Å²) in [5.74, 6) is 1.69. The van der Waals surface area contributed by atoms with E-state index in [1.807, 2.05) is 17.9 Å². The molecule has 0 unspecified atom stereocenters. The average Bonchev–Trinajstić information content (AvgIpc) is 2.72. The molecule has 9 nitrogen and oxygen atoms in total. The standard InChI is InChI=1S/C20H27N7O2/c1-14-10-23-15(11-22-14)12-27-13-20(4-3-18(27)28)5-7-26(8-6-20)16-9-17(29-2)25-19(21)24-16/h9-11H,3-8,12-13H2,1-2H3,(H2,21,24,25). The molecule has 4 rings (SSSR count). The zero-order chi connectivity index (χ0) is 20.4. The van der Waals surface area contributed by atoms with E-state index in [1.165, 1.54) is 0 Å². The summed E-state index contributed by atoms with van der Waals surface area (Å²) in [6.45, 7) is 4.94. The van der Waals surface area contributed by atoms with Crippen molar-refractivity contribution in [1.82, 2.24) is 24.8 Å². The predicted octanol–water partition coefficient (Wildman–Crippen LogP) is 1.58. The molecule has 29 heavy (non-hydrogen) atoms. The average molecular weight is 397 g/mol. The number of anilines is 2. The second-order valence-electron chi connectivity index (χ2n) is 8.01. The first-order chi connectivity index (χ1) is 14.0. The molecule has 2 fully saturated rings. The molecule has 2 aromatic rings. The molecule has 0 atom stereocenters. The van der Waals surface area contributed by atoms with Crippen molar-refractivity contribution < 1.29 is 9.53 Å². The molecule has 0 aromatic carbocycles. The number of amides is 1. The van der Waals surface area contributed by atoms with Gasteiger partial charge in [-0.1, -0.05) is 0 Å². The van der Waals surface area contributed by atoms with Gasteiger partial charge in [-0.05, 0) is 31.6 Å².